The minimum atomic E-state index is -0.363. The van der Waals surface area contributed by atoms with Crippen LogP contribution in [0.1, 0.15) is 60.6 Å². The fraction of sp³-hybridized carbons (Fsp3) is 0.387. The molecule has 3 N–H and O–H groups in total. The van der Waals surface area contributed by atoms with Crippen molar-refractivity contribution in [3.05, 3.63) is 87.8 Å². The second kappa shape index (κ2) is 11.8. The average molecular weight is 528 g/mol. The Balaban J connectivity index is 1.40. The van der Waals surface area contributed by atoms with E-state index in [1.54, 1.807) is 12.1 Å². The molecule has 3 heterocycles. The summed E-state index contributed by atoms with van der Waals surface area (Å²) in [6, 6.07) is 18.4. The fourth-order valence-electron chi connectivity index (χ4n) is 5.74. The lowest BCUT2D eigenvalue weighted by molar-refractivity contribution is 0.0953. The van der Waals surface area contributed by atoms with Gasteiger partial charge in [-0.2, -0.15) is 0 Å². The number of piperidine rings is 1. The van der Waals surface area contributed by atoms with E-state index in [0.29, 0.717) is 35.9 Å². The van der Waals surface area contributed by atoms with Crippen LogP contribution in [0.2, 0.25) is 0 Å². The maximum Gasteiger partial charge on any atom is 0.323 e. The molecule has 2 aromatic carbocycles. The van der Waals surface area contributed by atoms with E-state index < -0.39 is 0 Å². The van der Waals surface area contributed by atoms with Crippen LogP contribution in [-0.2, 0) is 13.0 Å². The first kappa shape index (κ1) is 26.5. The summed E-state index contributed by atoms with van der Waals surface area (Å²) in [7, 11) is 0. The molecular weight excluding hydrogens is 490 g/mol. The summed E-state index contributed by atoms with van der Waals surface area (Å²) in [5.74, 6) is 0.395. The van der Waals surface area contributed by atoms with Crippen LogP contribution in [0.25, 0.3) is 0 Å². The minimum Gasteiger partial charge on any atom is -0.369 e. The number of rotatable bonds is 8. The van der Waals surface area contributed by atoms with Gasteiger partial charge in [-0.1, -0.05) is 38.5 Å². The SMILES string of the molecule is CCCCNC(=O)c1ccc(N2C[C@H]3C[C@@H](C2)c2cccc(=O)n2C3)c(NC(=O)Nc2ccc(CC)cc2)c1. The van der Waals surface area contributed by atoms with E-state index in [2.05, 4.69) is 34.7 Å². The third kappa shape index (κ3) is 6.00. The second-order valence-electron chi connectivity index (χ2n) is 10.6. The third-order valence-electron chi connectivity index (χ3n) is 7.76. The first-order valence-corrected chi connectivity index (χ1v) is 14.0. The molecule has 2 aliphatic heterocycles. The van der Waals surface area contributed by atoms with Crippen molar-refractivity contribution in [2.24, 2.45) is 5.92 Å². The second-order valence-corrected chi connectivity index (χ2v) is 10.6. The molecule has 8 heteroatoms. The van der Waals surface area contributed by atoms with Gasteiger partial charge in [0.2, 0.25) is 0 Å². The minimum absolute atomic E-state index is 0.0556. The van der Waals surface area contributed by atoms with Crippen LogP contribution in [0, 0.1) is 5.92 Å². The molecule has 3 aromatic rings. The van der Waals surface area contributed by atoms with Gasteiger partial charge < -0.3 is 25.4 Å². The molecule has 0 radical (unpaired) electrons. The van der Waals surface area contributed by atoms with Crippen LogP contribution in [-0.4, -0.2) is 36.1 Å². The maximum absolute atomic E-state index is 13.1. The number of pyridine rings is 1. The van der Waals surface area contributed by atoms with Gasteiger partial charge in [0.15, 0.2) is 0 Å². The molecule has 204 valence electrons. The van der Waals surface area contributed by atoms with Gasteiger partial charge in [0, 0.05) is 55.1 Å². The molecule has 3 amide bonds. The molecule has 39 heavy (non-hydrogen) atoms. The molecular formula is C31H37N5O3. The smallest absolute Gasteiger partial charge is 0.323 e. The summed E-state index contributed by atoms with van der Waals surface area (Å²) < 4.78 is 1.91. The highest BCUT2D eigenvalue weighted by atomic mass is 16.2. The summed E-state index contributed by atoms with van der Waals surface area (Å²) in [5.41, 5.74) is 4.99. The largest absolute Gasteiger partial charge is 0.369 e. The van der Waals surface area contributed by atoms with Gasteiger partial charge in [-0.3, -0.25) is 9.59 Å². The number of nitrogens with one attached hydrogen (secondary N) is 3. The molecule has 5 rings (SSSR count). The zero-order valence-electron chi connectivity index (χ0n) is 22.7. The Morgan fingerprint density at radius 1 is 0.949 bits per heavy atom. The molecule has 8 nitrogen and oxygen atoms in total. The number of aromatic nitrogens is 1. The van der Waals surface area contributed by atoms with Crippen molar-refractivity contribution in [3.8, 4) is 0 Å². The number of urea groups is 1. The standard InChI is InChI=1S/C31H37N5O3/c1-3-5-15-32-30(38)23-11-14-28(26(17-23)34-31(39)33-25-12-9-21(4-2)10-13-25)35-18-22-16-24(20-35)27-7-6-8-29(37)36(27)19-22/h6-14,17,22,24H,3-5,15-16,18-20H2,1-2H3,(H,32,38)(H2,33,34,39)/t22-,24+/m1/s1. The molecule has 1 fully saturated rings. The van der Waals surface area contributed by atoms with Gasteiger partial charge in [-0.15, -0.1) is 0 Å². The van der Waals surface area contributed by atoms with Crippen molar-refractivity contribution in [1.82, 2.24) is 9.88 Å². The van der Waals surface area contributed by atoms with E-state index in [9.17, 15) is 14.4 Å². The van der Waals surface area contributed by atoms with E-state index in [1.165, 1.54) is 5.56 Å². The zero-order valence-corrected chi connectivity index (χ0v) is 22.7. The van der Waals surface area contributed by atoms with Crippen LogP contribution in [0.5, 0.6) is 0 Å². The van der Waals surface area contributed by atoms with E-state index in [-0.39, 0.29) is 23.4 Å². The summed E-state index contributed by atoms with van der Waals surface area (Å²) in [6.45, 7) is 6.98. The Morgan fingerprint density at radius 3 is 2.54 bits per heavy atom. The van der Waals surface area contributed by atoms with Gasteiger partial charge in [0.05, 0.1) is 11.4 Å². The summed E-state index contributed by atoms with van der Waals surface area (Å²) >= 11 is 0. The van der Waals surface area contributed by atoms with E-state index in [0.717, 1.165) is 50.2 Å². The first-order valence-electron chi connectivity index (χ1n) is 14.0. The number of anilines is 3. The molecule has 2 atom stereocenters. The van der Waals surface area contributed by atoms with Gasteiger partial charge in [0.25, 0.3) is 11.5 Å². The number of hydrogen-bond acceptors (Lipinski definition) is 4. The Labute approximate surface area is 229 Å². The number of fused-ring (bicyclic) bond motifs is 4. The van der Waals surface area contributed by atoms with Gasteiger partial charge in [-0.05, 0) is 67.1 Å². The Bertz CT molecular complexity index is 1400. The maximum atomic E-state index is 13.1. The molecule has 0 saturated carbocycles. The summed E-state index contributed by atoms with van der Waals surface area (Å²) in [6.07, 6.45) is 3.88. The lowest BCUT2D eigenvalue weighted by atomic mass is 9.83. The molecule has 1 aromatic heterocycles. The number of unbranched alkanes of at least 4 members (excludes halogenated alkanes) is 1. The van der Waals surface area contributed by atoms with Gasteiger partial charge in [0.1, 0.15) is 0 Å². The number of benzene rings is 2. The van der Waals surface area contributed by atoms with E-state index in [4.69, 9.17) is 0 Å². The molecule has 1 saturated heterocycles. The first-order chi connectivity index (χ1) is 18.9. The highest BCUT2D eigenvalue weighted by Crippen LogP contribution is 2.39. The summed E-state index contributed by atoms with van der Waals surface area (Å²) in [4.78, 5) is 40.7. The Kier molecular flexibility index (Phi) is 8.00. The van der Waals surface area contributed by atoms with Crippen molar-refractivity contribution < 1.29 is 9.59 Å². The lowest BCUT2D eigenvalue weighted by Gasteiger charge is -2.44. The highest BCUT2D eigenvalue weighted by molar-refractivity contribution is 6.04. The van der Waals surface area contributed by atoms with Crippen LogP contribution < -0.4 is 26.4 Å². The number of hydrogen-bond donors (Lipinski definition) is 3. The molecule has 2 bridgehead atoms. The van der Waals surface area contributed by atoms with E-state index >= 15 is 0 Å². The van der Waals surface area contributed by atoms with Gasteiger partial charge >= 0.3 is 6.03 Å². The lowest BCUT2D eigenvalue weighted by Crippen LogP contribution is -2.47. The summed E-state index contributed by atoms with van der Waals surface area (Å²) in [5, 5.41) is 8.89. The highest BCUT2D eigenvalue weighted by Gasteiger charge is 2.35. The monoisotopic (exact) mass is 527 g/mol. The van der Waals surface area contributed by atoms with Crippen molar-refractivity contribution in [2.75, 3.05) is 35.2 Å². The topological polar surface area (TPSA) is 95.5 Å². The number of aryl methyl sites for hydroxylation is 1. The Morgan fingerprint density at radius 2 is 1.77 bits per heavy atom. The zero-order chi connectivity index (χ0) is 27.4. The van der Waals surface area contributed by atoms with Crippen LogP contribution in [0.4, 0.5) is 21.9 Å². The predicted molar refractivity (Wildman–Crippen MR) is 156 cm³/mol. The predicted octanol–water partition coefficient (Wildman–Crippen LogP) is 5.21. The third-order valence-corrected chi connectivity index (χ3v) is 7.76. The molecule has 2 aliphatic rings. The van der Waals surface area contributed by atoms with Crippen LogP contribution in [0.3, 0.4) is 0 Å². The van der Waals surface area contributed by atoms with Crippen LogP contribution >= 0.6 is 0 Å². The fourth-order valence-corrected chi connectivity index (χ4v) is 5.74. The Hall–Kier alpha value is -4.07. The van der Waals surface area contributed by atoms with Crippen molar-refractivity contribution in [2.45, 2.75) is 52.0 Å². The molecule has 0 aliphatic carbocycles. The van der Waals surface area contributed by atoms with Crippen molar-refractivity contribution >= 4 is 29.0 Å². The molecule has 0 unspecified atom stereocenters. The van der Waals surface area contributed by atoms with Crippen molar-refractivity contribution in [1.29, 1.82) is 0 Å². The number of carbonyl (C=O) groups excluding carboxylic acids is 2. The normalized spacial score (nSPS) is 17.7. The average Bonchev–Trinajstić information content (AvgIpc) is 2.94. The number of amides is 3. The van der Waals surface area contributed by atoms with Crippen LogP contribution in [0.15, 0.2) is 65.5 Å². The quantitative estimate of drug-likeness (QED) is 0.351. The van der Waals surface area contributed by atoms with Crippen molar-refractivity contribution in [3.63, 3.8) is 0 Å². The number of carbonyl (C=O) groups is 2. The van der Waals surface area contributed by atoms with E-state index in [1.807, 2.05) is 53.1 Å². The molecule has 0 spiro atoms. The van der Waals surface area contributed by atoms with Gasteiger partial charge in [-0.25, -0.2) is 4.79 Å². The number of nitrogens with zero attached hydrogens (tertiary/aromatic N) is 2.